The molecule has 2 aromatic rings. The zero-order chi connectivity index (χ0) is 20.3. The predicted octanol–water partition coefficient (Wildman–Crippen LogP) is 3.73. The highest BCUT2D eigenvalue weighted by Crippen LogP contribution is 2.18. The smallest absolute Gasteiger partial charge is 0.191 e. The number of halogens is 1. The van der Waals surface area contributed by atoms with Crippen molar-refractivity contribution in [2.24, 2.45) is 4.99 Å². The number of guanidine groups is 1. The van der Waals surface area contributed by atoms with E-state index >= 15 is 0 Å². The van der Waals surface area contributed by atoms with Gasteiger partial charge in [0.15, 0.2) is 5.96 Å². The average molecular weight is 522 g/mol. The summed E-state index contributed by atoms with van der Waals surface area (Å²) < 4.78 is 0. The van der Waals surface area contributed by atoms with Crippen LogP contribution in [0.2, 0.25) is 0 Å². The molecule has 3 N–H and O–H groups in total. The Morgan fingerprint density at radius 1 is 1.07 bits per heavy atom. The quantitative estimate of drug-likeness (QED) is 0.203. The highest BCUT2D eigenvalue weighted by Gasteiger charge is 2.14. The number of benzene rings is 2. The van der Waals surface area contributed by atoms with Crippen molar-refractivity contribution in [3.05, 3.63) is 71.3 Å². The molecule has 0 spiro atoms. The summed E-state index contributed by atoms with van der Waals surface area (Å²) in [5.74, 6) is 0.830. The number of rotatable bonds is 9. The minimum atomic E-state index is -0.450. The first-order valence-corrected chi connectivity index (χ1v) is 10.8. The fourth-order valence-corrected chi connectivity index (χ4v) is 3.74. The third kappa shape index (κ3) is 7.89. The van der Waals surface area contributed by atoms with Gasteiger partial charge in [-0.1, -0.05) is 54.6 Å². The van der Waals surface area contributed by atoms with E-state index in [-0.39, 0.29) is 24.0 Å². The van der Waals surface area contributed by atoms with Crippen molar-refractivity contribution in [3.8, 4) is 0 Å². The van der Waals surface area contributed by atoms with E-state index in [1.54, 1.807) is 0 Å². The Hall–Kier alpha value is -1.64. The highest BCUT2D eigenvalue weighted by molar-refractivity contribution is 14.0. The molecule has 1 unspecified atom stereocenters. The van der Waals surface area contributed by atoms with E-state index in [4.69, 9.17) is 4.99 Å². The number of nitrogens with one attached hydrogen (secondary N) is 2. The Labute approximate surface area is 198 Å². The molecular formula is C24H35IN4O. The number of nitrogens with zero attached hydrogens (tertiary/aromatic N) is 2. The number of hydrogen-bond acceptors (Lipinski definition) is 3. The summed E-state index contributed by atoms with van der Waals surface area (Å²) in [6.45, 7) is 7.65. The lowest BCUT2D eigenvalue weighted by atomic mass is 10.00. The molecule has 2 aromatic carbocycles. The third-order valence-electron chi connectivity index (χ3n) is 5.35. The average Bonchev–Trinajstić information content (AvgIpc) is 2.77. The Balaban J connectivity index is 0.00000320. The van der Waals surface area contributed by atoms with Gasteiger partial charge in [-0.25, -0.2) is 0 Å². The van der Waals surface area contributed by atoms with Gasteiger partial charge in [0.25, 0.3) is 0 Å². The Morgan fingerprint density at radius 2 is 1.80 bits per heavy atom. The molecule has 0 bridgehead atoms. The molecule has 0 fully saturated rings. The number of aliphatic hydroxyl groups excluding tert-OH is 1. The molecule has 0 aliphatic carbocycles. The van der Waals surface area contributed by atoms with Gasteiger partial charge in [-0.2, -0.15) is 0 Å². The van der Waals surface area contributed by atoms with Crippen LogP contribution in [-0.4, -0.2) is 48.7 Å². The van der Waals surface area contributed by atoms with Crippen molar-refractivity contribution in [1.29, 1.82) is 0 Å². The van der Waals surface area contributed by atoms with Crippen molar-refractivity contribution < 1.29 is 5.11 Å². The number of hydrogen-bond donors (Lipinski definition) is 3. The molecule has 6 heteroatoms. The zero-order valence-electron chi connectivity index (χ0n) is 17.9. The molecule has 0 aromatic heterocycles. The van der Waals surface area contributed by atoms with Crippen LogP contribution in [0.5, 0.6) is 0 Å². The summed E-state index contributed by atoms with van der Waals surface area (Å²) in [5.41, 5.74) is 3.92. The van der Waals surface area contributed by atoms with Crippen molar-refractivity contribution in [2.75, 3.05) is 32.7 Å². The molecule has 164 valence electrons. The molecule has 1 aliphatic heterocycles. The fourth-order valence-electron chi connectivity index (χ4n) is 3.74. The zero-order valence-corrected chi connectivity index (χ0v) is 20.2. The molecule has 1 aliphatic rings. The molecule has 5 nitrogen and oxygen atoms in total. The summed E-state index contributed by atoms with van der Waals surface area (Å²) >= 11 is 0. The van der Waals surface area contributed by atoms with Gasteiger partial charge in [0.1, 0.15) is 0 Å². The molecular weight excluding hydrogens is 487 g/mol. The Bertz CT molecular complexity index is 769. The lowest BCUT2D eigenvalue weighted by Gasteiger charge is -2.28. The first-order chi connectivity index (χ1) is 14.3. The van der Waals surface area contributed by atoms with Gasteiger partial charge in [-0.3, -0.25) is 9.89 Å². The van der Waals surface area contributed by atoms with Gasteiger partial charge in [-0.15, -0.1) is 24.0 Å². The standard InChI is InChI=1S/C24H34N4O.HI/c1-2-25-24(27-16-13-23(29)21-10-4-3-5-11-21)26-15-8-17-28-18-14-20-9-6-7-12-22(20)19-28;/h3-7,9-12,23,29H,2,8,13-19H2,1H3,(H2,25,26,27);1H. The van der Waals surface area contributed by atoms with Crippen LogP contribution in [0.4, 0.5) is 0 Å². The van der Waals surface area contributed by atoms with Crippen LogP contribution in [-0.2, 0) is 13.0 Å². The fraction of sp³-hybridized carbons (Fsp3) is 0.458. The summed E-state index contributed by atoms with van der Waals surface area (Å²) in [4.78, 5) is 7.22. The molecule has 0 saturated carbocycles. The first-order valence-electron chi connectivity index (χ1n) is 10.8. The van der Waals surface area contributed by atoms with Crippen LogP contribution in [0, 0.1) is 0 Å². The van der Waals surface area contributed by atoms with Gasteiger partial charge in [0.05, 0.1) is 6.10 Å². The lowest BCUT2D eigenvalue weighted by Crippen LogP contribution is -2.38. The summed E-state index contributed by atoms with van der Waals surface area (Å²) in [6, 6.07) is 18.6. The summed E-state index contributed by atoms with van der Waals surface area (Å²) in [6.07, 6.45) is 2.40. The van der Waals surface area contributed by atoms with E-state index in [9.17, 15) is 5.11 Å². The second-order valence-electron chi connectivity index (χ2n) is 7.55. The first kappa shape index (κ1) is 24.6. The monoisotopic (exact) mass is 522 g/mol. The summed E-state index contributed by atoms with van der Waals surface area (Å²) in [5, 5.41) is 16.9. The minimum Gasteiger partial charge on any atom is -0.388 e. The van der Waals surface area contributed by atoms with Crippen LogP contribution < -0.4 is 10.6 Å². The molecule has 1 atom stereocenters. The second-order valence-corrected chi connectivity index (χ2v) is 7.55. The van der Waals surface area contributed by atoms with E-state index in [1.165, 1.54) is 11.1 Å². The van der Waals surface area contributed by atoms with Gasteiger partial charge < -0.3 is 15.7 Å². The van der Waals surface area contributed by atoms with Crippen molar-refractivity contribution >= 4 is 29.9 Å². The lowest BCUT2D eigenvalue weighted by molar-refractivity contribution is 0.168. The molecule has 0 radical (unpaired) electrons. The van der Waals surface area contributed by atoms with Gasteiger partial charge in [0, 0.05) is 39.3 Å². The van der Waals surface area contributed by atoms with Crippen LogP contribution in [0.15, 0.2) is 59.6 Å². The van der Waals surface area contributed by atoms with E-state index in [2.05, 4.69) is 46.7 Å². The van der Waals surface area contributed by atoms with Crippen molar-refractivity contribution in [2.45, 2.75) is 38.8 Å². The van der Waals surface area contributed by atoms with Crippen LogP contribution in [0.3, 0.4) is 0 Å². The molecule has 1 heterocycles. The molecule has 0 saturated heterocycles. The van der Waals surface area contributed by atoms with E-state index in [0.717, 1.165) is 57.1 Å². The van der Waals surface area contributed by atoms with Gasteiger partial charge >= 0.3 is 0 Å². The predicted molar refractivity (Wildman–Crippen MR) is 135 cm³/mol. The van der Waals surface area contributed by atoms with E-state index in [1.807, 2.05) is 30.3 Å². The number of aliphatic imine (C=N–C) groups is 1. The molecule has 3 rings (SSSR count). The van der Waals surface area contributed by atoms with Crippen molar-refractivity contribution in [3.63, 3.8) is 0 Å². The van der Waals surface area contributed by atoms with E-state index < -0.39 is 6.10 Å². The van der Waals surface area contributed by atoms with Crippen LogP contribution in [0.25, 0.3) is 0 Å². The molecule has 0 amide bonds. The van der Waals surface area contributed by atoms with Gasteiger partial charge in [-0.05, 0) is 42.9 Å². The maximum Gasteiger partial charge on any atom is 0.191 e. The van der Waals surface area contributed by atoms with Crippen LogP contribution in [0.1, 0.15) is 42.6 Å². The Morgan fingerprint density at radius 3 is 2.57 bits per heavy atom. The molecule has 30 heavy (non-hydrogen) atoms. The largest absolute Gasteiger partial charge is 0.388 e. The number of aliphatic hydroxyl groups is 1. The van der Waals surface area contributed by atoms with Crippen molar-refractivity contribution in [1.82, 2.24) is 15.5 Å². The minimum absolute atomic E-state index is 0. The SMILES string of the molecule is CCNC(=NCCCN1CCc2ccccc2C1)NCCC(O)c1ccccc1.I. The summed E-state index contributed by atoms with van der Waals surface area (Å²) in [7, 11) is 0. The maximum absolute atomic E-state index is 10.3. The second kappa shape index (κ2) is 13.6. The maximum atomic E-state index is 10.3. The highest BCUT2D eigenvalue weighted by atomic mass is 127. The van der Waals surface area contributed by atoms with Crippen LogP contribution >= 0.6 is 24.0 Å². The Kier molecular flexibility index (Phi) is 11.2. The normalized spacial score (nSPS) is 15.1. The third-order valence-corrected chi connectivity index (χ3v) is 5.35. The topological polar surface area (TPSA) is 59.9 Å². The van der Waals surface area contributed by atoms with E-state index in [0.29, 0.717) is 13.0 Å². The van der Waals surface area contributed by atoms with Gasteiger partial charge in [0.2, 0.25) is 0 Å². The number of fused-ring (bicyclic) bond motifs is 1.